The van der Waals surface area contributed by atoms with Gasteiger partial charge in [-0.1, -0.05) is 26.8 Å². The van der Waals surface area contributed by atoms with Gasteiger partial charge in [-0.3, -0.25) is 0 Å². The van der Waals surface area contributed by atoms with E-state index in [0.29, 0.717) is 0 Å². The normalized spacial score (nSPS) is 13.7. The second kappa shape index (κ2) is 5.60. The van der Waals surface area contributed by atoms with Gasteiger partial charge in [0.05, 0.1) is 0 Å². The average Bonchev–Trinajstić information content (AvgIpc) is 2.22. The molecular weight excluding hydrogens is 275 g/mol. The van der Waals surface area contributed by atoms with Crippen LogP contribution in [0.15, 0.2) is 24.3 Å². The van der Waals surface area contributed by atoms with Gasteiger partial charge in [0.1, 0.15) is 11.8 Å². The molecule has 0 radical (unpaired) electrons. The van der Waals surface area contributed by atoms with Gasteiger partial charge >= 0.3 is 12.3 Å². The number of ether oxygens (including phenoxy) is 1. The van der Waals surface area contributed by atoms with Crippen LogP contribution >= 0.6 is 0 Å². The summed E-state index contributed by atoms with van der Waals surface area (Å²) in [4.78, 5) is 11.2. The first-order valence-electron chi connectivity index (χ1n) is 5.84. The Morgan fingerprint density at radius 3 is 2.35 bits per heavy atom. The zero-order valence-corrected chi connectivity index (χ0v) is 11.3. The largest absolute Gasteiger partial charge is 0.573 e. The maximum Gasteiger partial charge on any atom is 0.573 e. The lowest BCUT2D eigenvalue weighted by Crippen LogP contribution is -2.41. The van der Waals surface area contributed by atoms with E-state index in [-0.39, 0.29) is 5.69 Å². The molecule has 1 rings (SSSR count). The highest BCUT2D eigenvalue weighted by Crippen LogP contribution is 2.28. The van der Waals surface area contributed by atoms with E-state index >= 15 is 0 Å². The summed E-state index contributed by atoms with van der Waals surface area (Å²) in [5, 5.41) is 11.8. The Kier molecular flexibility index (Phi) is 4.52. The second-order valence-corrected chi connectivity index (χ2v) is 5.36. The van der Waals surface area contributed by atoms with Gasteiger partial charge in [-0.15, -0.1) is 13.2 Å². The zero-order valence-electron chi connectivity index (χ0n) is 11.3. The molecule has 0 saturated carbocycles. The van der Waals surface area contributed by atoms with Crippen LogP contribution in [0.5, 0.6) is 5.75 Å². The van der Waals surface area contributed by atoms with Crippen LogP contribution in [0.1, 0.15) is 20.8 Å². The van der Waals surface area contributed by atoms with Crippen LogP contribution in [0.4, 0.5) is 18.9 Å². The average molecular weight is 291 g/mol. The van der Waals surface area contributed by atoms with E-state index in [1.165, 1.54) is 12.1 Å². The number of alkyl halides is 3. The topological polar surface area (TPSA) is 58.6 Å². The van der Waals surface area contributed by atoms with Gasteiger partial charge in [-0.2, -0.15) is 0 Å². The molecule has 1 aromatic rings. The summed E-state index contributed by atoms with van der Waals surface area (Å²) < 4.78 is 40.1. The first-order valence-corrected chi connectivity index (χ1v) is 5.84. The molecule has 0 aliphatic heterocycles. The van der Waals surface area contributed by atoms with Crippen LogP contribution in [-0.4, -0.2) is 23.5 Å². The smallest absolute Gasteiger partial charge is 0.480 e. The third-order valence-electron chi connectivity index (χ3n) is 2.49. The highest BCUT2D eigenvalue weighted by atomic mass is 19.4. The lowest BCUT2D eigenvalue weighted by Gasteiger charge is -2.28. The highest BCUT2D eigenvalue weighted by Gasteiger charge is 2.32. The van der Waals surface area contributed by atoms with Crippen LogP contribution in [0, 0.1) is 5.41 Å². The molecule has 1 atom stereocenters. The van der Waals surface area contributed by atoms with Crippen LogP contribution in [0.3, 0.4) is 0 Å². The molecule has 20 heavy (non-hydrogen) atoms. The number of anilines is 1. The molecule has 0 amide bonds. The number of benzene rings is 1. The molecule has 2 N–H and O–H groups in total. The first-order chi connectivity index (χ1) is 8.99. The molecule has 0 aliphatic rings. The summed E-state index contributed by atoms with van der Waals surface area (Å²) in [7, 11) is 0. The van der Waals surface area contributed by atoms with Crippen LogP contribution in [0.25, 0.3) is 0 Å². The van der Waals surface area contributed by atoms with E-state index in [1.54, 1.807) is 20.8 Å². The second-order valence-electron chi connectivity index (χ2n) is 5.36. The molecule has 0 bridgehead atoms. The molecule has 7 heteroatoms. The van der Waals surface area contributed by atoms with E-state index in [4.69, 9.17) is 5.11 Å². The standard InChI is InChI=1S/C13H16F3NO3/c1-12(2,3)10(11(18)19)17-8-5-4-6-9(7-8)20-13(14,15)16/h4-7,10,17H,1-3H3,(H,18,19). The van der Waals surface area contributed by atoms with E-state index in [2.05, 4.69) is 10.1 Å². The third-order valence-corrected chi connectivity index (χ3v) is 2.49. The van der Waals surface area contributed by atoms with Gasteiger partial charge in [0.15, 0.2) is 0 Å². The number of carboxylic acid groups (broad SMARTS) is 1. The van der Waals surface area contributed by atoms with Gasteiger partial charge in [0, 0.05) is 11.8 Å². The summed E-state index contributed by atoms with van der Waals surface area (Å²) in [6.07, 6.45) is -4.78. The number of carbonyl (C=O) groups is 1. The van der Waals surface area contributed by atoms with Gasteiger partial charge in [-0.05, 0) is 17.5 Å². The number of halogens is 3. The zero-order chi connectivity index (χ0) is 15.6. The van der Waals surface area contributed by atoms with Crippen molar-refractivity contribution in [3.8, 4) is 5.75 Å². The third kappa shape index (κ3) is 4.99. The molecule has 0 aromatic heterocycles. The van der Waals surface area contributed by atoms with Crippen LogP contribution in [-0.2, 0) is 4.79 Å². The highest BCUT2D eigenvalue weighted by molar-refractivity contribution is 5.78. The first kappa shape index (κ1) is 16.1. The summed E-state index contributed by atoms with van der Waals surface area (Å²) in [5.41, 5.74) is -0.360. The molecule has 1 aromatic carbocycles. The Bertz CT molecular complexity index is 480. The molecule has 0 saturated heterocycles. The lowest BCUT2D eigenvalue weighted by molar-refractivity contribution is -0.274. The monoisotopic (exact) mass is 291 g/mol. The Morgan fingerprint density at radius 2 is 1.90 bits per heavy atom. The quantitative estimate of drug-likeness (QED) is 0.891. The number of nitrogens with one attached hydrogen (secondary N) is 1. The summed E-state index contributed by atoms with van der Waals surface area (Å²) in [5.74, 6) is -1.49. The molecule has 0 fully saturated rings. The summed E-state index contributed by atoms with van der Waals surface area (Å²) in [6.45, 7) is 5.15. The Morgan fingerprint density at radius 1 is 1.30 bits per heavy atom. The fourth-order valence-corrected chi connectivity index (χ4v) is 1.60. The van der Waals surface area contributed by atoms with E-state index in [9.17, 15) is 18.0 Å². The fourth-order valence-electron chi connectivity index (χ4n) is 1.60. The molecule has 1 unspecified atom stereocenters. The predicted molar refractivity (Wildman–Crippen MR) is 67.6 cm³/mol. The van der Waals surface area contributed by atoms with Gasteiger partial charge < -0.3 is 15.2 Å². The van der Waals surface area contributed by atoms with Crippen LogP contribution < -0.4 is 10.1 Å². The fraction of sp³-hybridized carbons (Fsp3) is 0.462. The minimum Gasteiger partial charge on any atom is -0.480 e. The molecule has 4 nitrogen and oxygen atoms in total. The molecule has 0 aliphatic carbocycles. The lowest BCUT2D eigenvalue weighted by atomic mass is 9.86. The van der Waals surface area contributed by atoms with Gasteiger partial charge in [-0.25, -0.2) is 4.79 Å². The summed E-state index contributed by atoms with van der Waals surface area (Å²) >= 11 is 0. The van der Waals surface area contributed by atoms with Gasteiger partial charge in [0.25, 0.3) is 0 Å². The Hall–Kier alpha value is -1.92. The van der Waals surface area contributed by atoms with Crippen molar-refractivity contribution < 1.29 is 27.8 Å². The molecular formula is C13H16F3NO3. The van der Waals surface area contributed by atoms with E-state index in [1.807, 2.05) is 0 Å². The van der Waals surface area contributed by atoms with Crippen molar-refractivity contribution in [3.63, 3.8) is 0 Å². The van der Waals surface area contributed by atoms with Crippen molar-refractivity contribution in [1.82, 2.24) is 0 Å². The molecule has 0 spiro atoms. The van der Waals surface area contributed by atoms with Crippen molar-refractivity contribution in [2.45, 2.75) is 33.2 Å². The van der Waals surface area contributed by atoms with Crippen molar-refractivity contribution in [1.29, 1.82) is 0 Å². The molecule has 0 heterocycles. The maximum atomic E-state index is 12.1. The number of hydrogen-bond acceptors (Lipinski definition) is 3. The van der Waals surface area contributed by atoms with Gasteiger partial charge in [0.2, 0.25) is 0 Å². The minimum absolute atomic E-state index is 0.245. The number of aliphatic carboxylic acids is 1. The Labute approximate surface area is 114 Å². The van der Waals surface area contributed by atoms with Crippen molar-refractivity contribution in [2.75, 3.05) is 5.32 Å². The van der Waals surface area contributed by atoms with E-state index in [0.717, 1.165) is 12.1 Å². The SMILES string of the molecule is CC(C)(C)C(Nc1cccc(OC(F)(F)F)c1)C(=O)O. The number of carboxylic acids is 1. The minimum atomic E-state index is -4.78. The number of hydrogen-bond donors (Lipinski definition) is 2. The Balaban J connectivity index is 2.92. The maximum absolute atomic E-state index is 12.1. The summed E-state index contributed by atoms with van der Waals surface area (Å²) in [6, 6.07) is 4.14. The predicted octanol–water partition coefficient (Wildman–Crippen LogP) is 3.50. The van der Waals surface area contributed by atoms with Crippen molar-refractivity contribution in [2.24, 2.45) is 5.41 Å². The van der Waals surface area contributed by atoms with Crippen molar-refractivity contribution in [3.05, 3.63) is 24.3 Å². The van der Waals surface area contributed by atoms with Crippen LogP contribution in [0.2, 0.25) is 0 Å². The van der Waals surface area contributed by atoms with E-state index < -0.39 is 29.5 Å². The molecule has 112 valence electrons. The van der Waals surface area contributed by atoms with Crippen molar-refractivity contribution >= 4 is 11.7 Å². The number of rotatable bonds is 4.